The largest absolute Gasteiger partial charge is 0.416 e. The van der Waals surface area contributed by atoms with Crippen molar-refractivity contribution in [2.75, 3.05) is 0 Å². The summed E-state index contributed by atoms with van der Waals surface area (Å²) >= 11 is 0. The van der Waals surface area contributed by atoms with Crippen molar-refractivity contribution >= 4 is 0 Å². The molecule has 0 saturated carbocycles. The van der Waals surface area contributed by atoms with Gasteiger partial charge in [-0.3, -0.25) is 0 Å². The zero-order chi connectivity index (χ0) is 20.4. The number of rotatable bonds is 4. The molecule has 0 aliphatic carbocycles. The number of hydrogen-bond acceptors (Lipinski definition) is 2. The van der Waals surface area contributed by atoms with Crippen LogP contribution in [-0.2, 0) is 6.18 Å². The van der Waals surface area contributed by atoms with Crippen LogP contribution < -0.4 is 0 Å². The zero-order valence-electron chi connectivity index (χ0n) is 15.2. The molecular formula is C23H17F3N2O. The number of hydrogen-bond donors (Lipinski definition) is 2. The molecule has 3 aromatic carbocycles. The van der Waals surface area contributed by atoms with Crippen LogP contribution in [0.3, 0.4) is 0 Å². The van der Waals surface area contributed by atoms with Gasteiger partial charge in [-0.25, -0.2) is 4.98 Å². The first kappa shape index (κ1) is 19.0. The summed E-state index contributed by atoms with van der Waals surface area (Å²) in [4.78, 5) is 7.18. The van der Waals surface area contributed by atoms with Gasteiger partial charge < -0.3 is 10.1 Å². The van der Waals surface area contributed by atoms with Crippen molar-refractivity contribution in [1.82, 2.24) is 9.97 Å². The van der Waals surface area contributed by atoms with E-state index >= 15 is 0 Å². The Morgan fingerprint density at radius 3 is 1.97 bits per heavy atom. The van der Waals surface area contributed by atoms with Gasteiger partial charge in [0.25, 0.3) is 0 Å². The lowest BCUT2D eigenvalue weighted by molar-refractivity contribution is -0.137. The molecule has 4 aromatic rings. The number of H-pyrrole nitrogens is 1. The lowest BCUT2D eigenvalue weighted by Gasteiger charge is -2.10. The van der Waals surface area contributed by atoms with E-state index in [-0.39, 0.29) is 0 Å². The fraction of sp³-hybridized carbons (Fsp3) is 0.0870. The van der Waals surface area contributed by atoms with E-state index in [1.807, 2.05) is 54.6 Å². The van der Waals surface area contributed by atoms with E-state index in [0.29, 0.717) is 22.6 Å². The number of aromatic nitrogens is 2. The minimum atomic E-state index is -4.38. The SMILES string of the molecule is OC(c1ccc(-c2ccccc2)cc1)c1ncc(-c2ccc(C(F)(F)F)cc2)[nH]1. The van der Waals surface area contributed by atoms with E-state index in [9.17, 15) is 18.3 Å². The molecule has 1 atom stereocenters. The highest BCUT2D eigenvalue weighted by molar-refractivity contribution is 5.63. The first-order valence-corrected chi connectivity index (χ1v) is 8.98. The van der Waals surface area contributed by atoms with Crippen molar-refractivity contribution in [1.29, 1.82) is 0 Å². The van der Waals surface area contributed by atoms with Crippen LogP contribution in [0, 0.1) is 0 Å². The third kappa shape index (κ3) is 4.07. The van der Waals surface area contributed by atoms with Crippen LogP contribution in [0.2, 0.25) is 0 Å². The molecule has 1 aromatic heterocycles. The van der Waals surface area contributed by atoms with Gasteiger partial charge in [-0.05, 0) is 34.4 Å². The van der Waals surface area contributed by atoms with Crippen LogP contribution in [-0.4, -0.2) is 15.1 Å². The van der Waals surface area contributed by atoms with Crippen molar-refractivity contribution in [2.24, 2.45) is 0 Å². The van der Waals surface area contributed by atoms with Crippen LogP contribution >= 0.6 is 0 Å². The van der Waals surface area contributed by atoms with Crippen LogP contribution in [0.1, 0.15) is 23.1 Å². The van der Waals surface area contributed by atoms with Gasteiger partial charge in [0.1, 0.15) is 11.9 Å². The number of alkyl halides is 3. The normalized spacial score (nSPS) is 12.7. The van der Waals surface area contributed by atoms with Crippen LogP contribution in [0.15, 0.2) is 85.1 Å². The molecule has 0 radical (unpaired) electrons. The topological polar surface area (TPSA) is 48.9 Å². The molecule has 29 heavy (non-hydrogen) atoms. The maximum Gasteiger partial charge on any atom is 0.416 e. The number of aromatic amines is 1. The maximum absolute atomic E-state index is 12.7. The average Bonchev–Trinajstić information content (AvgIpc) is 3.24. The molecule has 6 heteroatoms. The highest BCUT2D eigenvalue weighted by Gasteiger charge is 2.30. The van der Waals surface area contributed by atoms with Crippen molar-refractivity contribution in [3.63, 3.8) is 0 Å². The molecule has 0 spiro atoms. The fourth-order valence-electron chi connectivity index (χ4n) is 3.11. The van der Waals surface area contributed by atoms with Gasteiger partial charge in [-0.15, -0.1) is 0 Å². The first-order valence-electron chi connectivity index (χ1n) is 8.98. The fourth-order valence-corrected chi connectivity index (χ4v) is 3.11. The molecule has 1 unspecified atom stereocenters. The quantitative estimate of drug-likeness (QED) is 0.457. The summed E-state index contributed by atoms with van der Waals surface area (Å²) < 4.78 is 38.1. The Morgan fingerprint density at radius 2 is 1.34 bits per heavy atom. The number of nitrogens with one attached hydrogen (secondary N) is 1. The van der Waals surface area contributed by atoms with E-state index in [1.54, 1.807) is 0 Å². The Labute approximate surface area is 165 Å². The first-order chi connectivity index (χ1) is 13.9. The Bertz CT molecular complexity index is 1090. The third-order valence-corrected chi connectivity index (χ3v) is 4.71. The number of nitrogens with zero attached hydrogens (tertiary/aromatic N) is 1. The minimum Gasteiger partial charge on any atom is -0.380 e. The lowest BCUT2D eigenvalue weighted by Crippen LogP contribution is -2.04. The number of aliphatic hydroxyl groups excluding tert-OH is 1. The van der Waals surface area contributed by atoms with E-state index in [0.717, 1.165) is 23.3 Å². The molecule has 4 rings (SSSR count). The van der Waals surface area contributed by atoms with Gasteiger partial charge >= 0.3 is 6.18 Å². The third-order valence-electron chi connectivity index (χ3n) is 4.71. The molecule has 0 aliphatic heterocycles. The summed E-state index contributed by atoms with van der Waals surface area (Å²) in [7, 11) is 0. The summed E-state index contributed by atoms with van der Waals surface area (Å²) in [6.45, 7) is 0. The van der Waals surface area contributed by atoms with Crippen molar-refractivity contribution in [2.45, 2.75) is 12.3 Å². The summed E-state index contributed by atoms with van der Waals surface area (Å²) in [5.74, 6) is 0.326. The molecule has 0 amide bonds. The van der Waals surface area contributed by atoms with Gasteiger partial charge in [-0.2, -0.15) is 13.2 Å². The van der Waals surface area contributed by atoms with Crippen molar-refractivity contribution < 1.29 is 18.3 Å². The Kier molecular flexibility index (Phi) is 4.94. The molecular weight excluding hydrogens is 377 g/mol. The molecule has 0 saturated heterocycles. The smallest absolute Gasteiger partial charge is 0.380 e. The zero-order valence-corrected chi connectivity index (χ0v) is 15.2. The highest BCUT2D eigenvalue weighted by atomic mass is 19.4. The molecule has 0 aliphatic rings. The van der Waals surface area contributed by atoms with Gasteiger partial charge in [0.05, 0.1) is 17.5 Å². The minimum absolute atomic E-state index is 0.326. The van der Waals surface area contributed by atoms with Gasteiger partial charge in [0, 0.05) is 0 Å². The summed E-state index contributed by atoms with van der Waals surface area (Å²) in [5.41, 5.74) is 3.16. The molecule has 2 N–H and O–H groups in total. The number of benzene rings is 3. The molecule has 0 bridgehead atoms. The number of imidazole rings is 1. The Hall–Kier alpha value is -3.38. The summed E-state index contributed by atoms with van der Waals surface area (Å²) in [6.07, 6.45) is -3.85. The highest BCUT2D eigenvalue weighted by Crippen LogP contribution is 2.31. The van der Waals surface area contributed by atoms with E-state index in [2.05, 4.69) is 9.97 Å². The number of aliphatic hydroxyl groups is 1. The molecule has 146 valence electrons. The molecule has 0 fully saturated rings. The van der Waals surface area contributed by atoms with Gasteiger partial charge in [-0.1, -0.05) is 66.7 Å². The van der Waals surface area contributed by atoms with Crippen molar-refractivity contribution in [3.05, 3.63) is 102 Å². The van der Waals surface area contributed by atoms with Crippen LogP contribution in [0.4, 0.5) is 13.2 Å². The average molecular weight is 394 g/mol. The Balaban J connectivity index is 1.53. The van der Waals surface area contributed by atoms with Crippen LogP contribution in [0.5, 0.6) is 0 Å². The van der Waals surface area contributed by atoms with E-state index < -0.39 is 17.8 Å². The van der Waals surface area contributed by atoms with Crippen molar-refractivity contribution in [3.8, 4) is 22.4 Å². The lowest BCUT2D eigenvalue weighted by atomic mass is 10.0. The van der Waals surface area contributed by atoms with Crippen LogP contribution in [0.25, 0.3) is 22.4 Å². The maximum atomic E-state index is 12.7. The number of halogens is 3. The monoisotopic (exact) mass is 394 g/mol. The second-order valence-electron chi connectivity index (χ2n) is 6.65. The standard InChI is InChI=1S/C23H17F3N2O/c24-23(25,26)19-12-10-17(11-13-19)20-14-27-22(28-20)21(29)18-8-6-16(7-9-18)15-4-2-1-3-5-15/h1-14,21,29H,(H,27,28). The summed E-state index contributed by atoms with van der Waals surface area (Å²) in [5, 5.41) is 10.6. The Morgan fingerprint density at radius 1 is 0.759 bits per heavy atom. The molecule has 1 heterocycles. The predicted molar refractivity (Wildman–Crippen MR) is 105 cm³/mol. The second kappa shape index (κ2) is 7.56. The van der Waals surface area contributed by atoms with E-state index in [1.165, 1.54) is 18.3 Å². The second-order valence-corrected chi connectivity index (χ2v) is 6.65. The van der Waals surface area contributed by atoms with E-state index in [4.69, 9.17) is 0 Å². The predicted octanol–water partition coefficient (Wildman–Crippen LogP) is 5.84. The molecule has 3 nitrogen and oxygen atoms in total. The van der Waals surface area contributed by atoms with Gasteiger partial charge in [0.15, 0.2) is 0 Å². The van der Waals surface area contributed by atoms with Gasteiger partial charge in [0.2, 0.25) is 0 Å². The summed E-state index contributed by atoms with van der Waals surface area (Å²) in [6, 6.07) is 22.2.